The van der Waals surface area contributed by atoms with Crippen LogP contribution in [-0.2, 0) is 0 Å². The minimum Gasteiger partial charge on any atom is -0.490 e. The lowest BCUT2D eigenvalue weighted by atomic mass is 10.1. The predicted octanol–water partition coefficient (Wildman–Crippen LogP) is 2.81. The maximum Gasteiger partial charge on any atom is 0.181 e. The van der Waals surface area contributed by atoms with Crippen LogP contribution in [0, 0.1) is 6.92 Å². The number of aliphatic hydroxyl groups excluding tert-OH is 1. The normalized spacial score (nSPS) is 10.4. The summed E-state index contributed by atoms with van der Waals surface area (Å²) in [6, 6.07) is 3.70. The van der Waals surface area contributed by atoms with Crippen LogP contribution in [0.3, 0.4) is 0 Å². The number of carbonyl (C=O) groups is 1. The van der Waals surface area contributed by atoms with Crippen LogP contribution in [0.2, 0.25) is 0 Å². The van der Waals surface area contributed by atoms with Crippen LogP contribution >= 0.6 is 12.4 Å². The van der Waals surface area contributed by atoms with Crippen LogP contribution in [0.1, 0.15) is 42.4 Å². The Morgan fingerprint density at radius 3 is 2.86 bits per heavy atom. The molecular weight excluding hydrogens is 292 g/mol. The van der Waals surface area contributed by atoms with Gasteiger partial charge in [0.15, 0.2) is 17.2 Å². The van der Waals surface area contributed by atoms with Gasteiger partial charge < -0.3 is 9.84 Å². The van der Waals surface area contributed by atoms with Gasteiger partial charge in [-0.3, -0.25) is 9.20 Å². The van der Waals surface area contributed by atoms with Gasteiger partial charge >= 0.3 is 0 Å². The van der Waals surface area contributed by atoms with E-state index in [9.17, 15) is 4.79 Å². The standard InChI is InChI=1S/C15H20N2O3.ClH/c1-3-20-13-8-6-9-17-14(11(2)16-15(13)17)12(19)7-4-5-10-18;/h6,8-9,18H,3-5,7,10H2,1-2H3;1H. The monoisotopic (exact) mass is 312 g/mol. The third-order valence-electron chi connectivity index (χ3n) is 3.16. The maximum absolute atomic E-state index is 12.3. The third-order valence-corrected chi connectivity index (χ3v) is 3.16. The van der Waals surface area contributed by atoms with E-state index < -0.39 is 0 Å². The number of hydrogen-bond donors (Lipinski definition) is 1. The average Bonchev–Trinajstić information content (AvgIpc) is 2.76. The first-order valence-electron chi connectivity index (χ1n) is 6.93. The van der Waals surface area contributed by atoms with Gasteiger partial charge in [0.1, 0.15) is 5.69 Å². The second-order valence-corrected chi connectivity index (χ2v) is 4.65. The number of imidazole rings is 1. The zero-order valence-corrected chi connectivity index (χ0v) is 13.2. The van der Waals surface area contributed by atoms with Crippen molar-refractivity contribution >= 4 is 23.8 Å². The molecule has 0 unspecified atom stereocenters. The van der Waals surface area contributed by atoms with Crippen molar-refractivity contribution in [1.82, 2.24) is 9.38 Å². The smallest absolute Gasteiger partial charge is 0.181 e. The molecule has 0 saturated carbocycles. The number of rotatable bonds is 7. The molecule has 0 aromatic carbocycles. The highest BCUT2D eigenvalue weighted by Gasteiger charge is 2.18. The van der Waals surface area contributed by atoms with Crippen LogP contribution in [0.15, 0.2) is 18.3 Å². The number of pyridine rings is 1. The fourth-order valence-corrected chi connectivity index (χ4v) is 2.28. The number of ether oxygens (including phenoxy) is 1. The van der Waals surface area contributed by atoms with E-state index in [2.05, 4.69) is 4.98 Å². The molecule has 116 valence electrons. The Morgan fingerprint density at radius 1 is 1.43 bits per heavy atom. The number of fused-ring (bicyclic) bond motifs is 1. The number of hydrogen-bond acceptors (Lipinski definition) is 4. The topological polar surface area (TPSA) is 63.8 Å². The van der Waals surface area contributed by atoms with E-state index in [0.29, 0.717) is 48.7 Å². The summed E-state index contributed by atoms with van der Waals surface area (Å²) in [4.78, 5) is 16.8. The van der Waals surface area contributed by atoms with Crippen LogP contribution in [0.5, 0.6) is 5.75 Å². The summed E-state index contributed by atoms with van der Waals surface area (Å²) < 4.78 is 7.33. The van der Waals surface area contributed by atoms with E-state index in [1.807, 2.05) is 32.2 Å². The summed E-state index contributed by atoms with van der Waals surface area (Å²) >= 11 is 0. The molecule has 0 amide bonds. The molecule has 0 radical (unpaired) electrons. The van der Waals surface area contributed by atoms with Crippen molar-refractivity contribution in [2.24, 2.45) is 0 Å². The first kappa shape index (κ1) is 17.5. The molecule has 0 fully saturated rings. The first-order valence-corrected chi connectivity index (χ1v) is 6.93. The lowest BCUT2D eigenvalue weighted by Crippen LogP contribution is -2.06. The summed E-state index contributed by atoms with van der Waals surface area (Å²) in [7, 11) is 0. The number of Topliss-reactive ketones (excluding diaryl/α,β-unsaturated/α-hetero) is 1. The number of unbranched alkanes of at least 4 members (excludes halogenated alkanes) is 1. The molecule has 21 heavy (non-hydrogen) atoms. The SMILES string of the molecule is CCOc1cccn2c(C(=O)CCCCO)c(C)nc12.Cl. The van der Waals surface area contributed by atoms with Gasteiger partial charge in [-0.25, -0.2) is 4.98 Å². The van der Waals surface area contributed by atoms with Gasteiger partial charge in [-0.05, 0) is 38.8 Å². The lowest BCUT2D eigenvalue weighted by molar-refractivity contribution is 0.0971. The highest BCUT2D eigenvalue weighted by molar-refractivity contribution is 5.96. The molecular formula is C15H21ClN2O3. The number of nitrogens with zero attached hydrogens (tertiary/aromatic N) is 2. The highest BCUT2D eigenvalue weighted by Crippen LogP contribution is 2.23. The Labute approximate surface area is 130 Å². The molecule has 5 nitrogen and oxygen atoms in total. The molecule has 1 N–H and O–H groups in total. The van der Waals surface area contributed by atoms with Crippen molar-refractivity contribution in [3.8, 4) is 5.75 Å². The minimum atomic E-state index is 0. The first-order chi connectivity index (χ1) is 9.69. The minimum absolute atomic E-state index is 0. The highest BCUT2D eigenvalue weighted by atomic mass is 35.5. The van der Waals surface area contributed by atoms with Gasteiger partial charge in [-0.1, -0.05) is 0 Å². The summed E-state index contributed by atoms with van der Waals surface area (Å²) in [6.07, 6.45) is 3.59. The zero-order valence-electron chi connectivity index (χ0n) is 12.3. The Morgan fingerprint density at radius 2 is 2.19 bits per heavy atom. The van der Waals surface area contributed by atoms with E-state index in [-0.39, 0.29) is 24.8 Å². The zero-order chi connectivity index (χ0) is 14.5. The number of carbonyl (C=O) groups excluding carboxylic acids is 1. The van der Waals surface area contributed by atoms with Crippen molar-refractivity contribution in [1.29, 1.82) is 0 Å². The summed E-state index contributed by atoms with van der Waals surface area (Å²) in [6.45, 7) is 4.43. The fraction of sp³-hybridized carbons (Fsp3) is 0.467. The van der Waals surface area contributed by atoms with Gasteiger partial charge in [0.25, 0.3) is 0 Å². The van der Waals surface area contributed by atoms with Crippen molar-refractivity contribution in [2.75, 3.05) is 13.2 Å². The number of ketones is 1. The molecule has 0 aliphatic heterocycles. The number of aryl methyl sites for hydroxylation is 1. The lowest BCUT2D eigenvalue weighted by Gasteiger charge is -2.06. The molecule has 0 aliphatic carbocycles. The van der Waals surface area contributed by atoms with Gasteiger partial charge in [0.2, 0.25) is 0 Å². The Hall–Kier alpha value is -1.59. The second-order valence-electron chi connectivity index (χ2n) is 4.65. The average molecular weight is 313 g/mol. The van der Waals surface area contributed by atoms with Crippen LogP contribution in [0.4, 0.5) is 0 Å². The van der Waals surface area contributed by atoms with Crippen LogP contribution in [0.25, 0.3) is 5.65 Å². The van der Waals surface area contributed by atoms with Gasteiger partial charge in [-0.2, -0.15) is 0 Å². The maximum atomic E-state index is 12.3. The van der Waals surface area contributed by atoms with E-state index >= 15 is 0 Å². The van der Waals surface area contributed by atoms with E-state index in [0.717, 1.165) is 0 Å². The van der Waals surface area contributed by atoms with E-state index in [1.54, 1.807) is 4.40 Å². The molecule has 0 atom stereocenters. The van der Waals surface area contributed by atoms with E-state index in [1.165, 1.54) is 0 Å². The molecule has 0 aliphatic rings. The van der Waals surface area contributed by atoms with Crippen LogP contribution < -0.4 is 4.74 Å². The molecule has 2 heterocycles. The van der Waals surface area contributed by atoms with Gasteiger partial charge in [0.05, 0.1) is 12.3 Å². The summed E-state index contributed by atoms with van der Waals surface area (Å²) in [5.74, 6) is 0.740. The number of aromatic nitrogens is 2. The summed E-state index contributed by atoms with van der Waals surface area (Å²) in [5.41, 5.74) is 2.00. The third kappa shape index (κ3) is 3.74. The number of halogens is 1. The molecule has 0 bridgehead atoms. The molecule has 2 rings (SSSR count). The van der Waals surface area contributed by atoms with Crippen molar-refractivity contribution in [2.45, 2.75) is 33.1 Å². The largest absolute Gasteiger partial charge is 0.490 e. The Kier molecular flexibility index (Phi) is 6.65. The molecule has 2 aromatic heterocycles. The summed E-state index contributed by atoms with van der Waals surface area (Å²) in [5, 5.41) is 8.79. The number of aliphatic hydroxyl groups is 1. The van der Waals surface area contributed by atoms with Gasteiger partial charge in [0, 0.05) is 19.2 Å². The molecule has 6 heteroatoms. The second kappa shape index (κ2) is 8.00. The van der Waals surface area contributed by atoms with E-state index in [4.69, 9.17) is 9.84 Å². The van der Waals surface area contributed by atoms with Crippen molar-refractivity contribution in [3.63, 3.8) is 0 Å². The Balaban J connectivity index is 0.00000220. The Bertz CT molecular complexity index is 610. The molecule has 0 spiro atoms. The molecule has 0 saturated heterocycles. The van der Waals surface area contributed by atoms with Gasteiger partial charge in [-0.15, -0.1) is 12.4 Å². The predicted molar refractivity (Wildman–Crippen MR) is 83.6 cm³/mol. The fourth-order valence-electron chi connectivity index (χ4n) is 2.28. The van der Waals surface area contributed by atoms with Crippen molar-refractivity contribution in [3.05, 3.63) is 29.7 Å². The molecule has 2 aromatic rings. The van der Waals surface area contributed by atoms with Crippen LogP contribution in [-0.4, -0.2) is 33.5 Å². The van der Waals surface area contributed by atoms with Crippen molar-refractivity contribution < 1.29 is 14.6 Å². The quantitative estimate of drug-likeness (QED) is 0.631.